The second-order valence-corrected chi connectivity index (χ2v) is 10.5. The molecule has 14 heteroatoms. The number of thioether (sulfide) groups is 1. The second-order valence-electron chi connectivity index (χ2n) is 8.98. The molecular weight excluding hydrogens is 605 g/mol. The third-order valence-corrected chi connectivity index (χ3v) is 6.63. The summed E-state index contributed by atoms with van der Waals surface area (Å²) >= 11 is 5.61. The highest BCUT2D eigenvalue weighted by atomic mass is 32.2. The van der Waals surface area contributed by atoms with Gasteiger partial charge in [-0.2, -0.15) is 24.4 Å². The molecule has 0 aliphatic rings. The number of ketones is 3. The number of nitrogens with one attached hydrogen (secondary N) is 6. The second kappa shape index (κ2) is 38.3. The average Bonchev–Trinajstić information content (AvgIpc) is 2.94. The Kier molecular flexibility index (Phi) is 44.3. The predicted molar refractivity (Wildman–Crippen MR) is 187 cm³/mol. The quantitative estimate of drug-likeness (QED) is 0.0640. The van der Waals surface area contributed by atoms with Crippen LogP contribution in [-0.4, -0.2) is 105 Å². The minimum Gasteiger partial charge on any atom is -0.356 e. The first kappa shape index (κ1) is 50.9. The molecule has 3 amide bonds. The van der Waals surface area contributed by atoms with Gasteiger partial charge < -0.3 is 31.9 Å². The van der Waals surface area contributed by atoms with Gasteiger partial charge in [0.1, 0.15) is 17.3 Å². The Bertz CT molecular complexity index is 781. The van der Waals surface area contributed by atoms with Crippen LogP contribution in [0, 0.1) is 12.8 Å². The van der Waals surface area contributed by atoms with Gasteiger partial charge in [-0.1, -0.05) is 6.58 Å². The first-order chi connectivity index (χ1) is 20.6. The summed E-state index contributed by atoms with van der Waals surface area (Å²) < 4.78 is 0. The molecule has 6 N–H and O–H groups in total. The molecule has 0 aromatic rings. The van der Waals surface area contributed by atoms with Gasteiger partial charge in [0.15, 0.2) is 0 Å². The summed E-state index contributed by atoms with van der Waals surface area (Å²) in [4.78, 5) is 63.4. The molecule has 0 saturated carbocycles. The molecule has 0 bridgehead atoms. The van der Waals surface area contributed by atoms with E-state index in [-0.39, 0.29) is 53.2 Å². The molecule has 0 aliphatic carbocycles. The number of hydrogen-bond acceptors (Lipinski definition) is 11. The number of rotatable bonds is 18. The van der Waals surface area contributed by atoms with Crippen LogP contribution < -0.4 is 31.9 Å². The lowest BCUT2D eigenvalue weighted by atomic mass is 10.1. The number of hydrogen-bond donors (Lipinski definition) is 7. The van der Waals surface area contributed by atoms with Gasteiger partial charge in [0.05, 0.1) is 18.1 Å². The van der Waals surface area contributed by atoms with Crippen LogP contribution in [0.15, 0.2) is 12.8 Å². The Morgan fingerprint density at radius 1 is 0.705 bits per heavy atom. The molecule has 0 aliphatic heterocycles. The van der Waals surface area contributed by atoms with Crippen LogP contribution in [-0.2, 0) is 28.8 Å². The van der Waals surface area contributed by atoms with Crippen molar-refractivity contribution >= 4 is 59.5 Å². The van der Waals surface area contributed by atoms with Crippen LogP contribution in [0.5, 0.6) is 0 Å². The van der Waals surface area contributed by atoms with Gasteiger partial charge in [-0.05, 0) is 67.4 Å². The van der Waals surface area contributed by atoms with E-state index in [4.69, 9.17) is 0 Å². The van der Waals surface area contributed by atoms with E-state index >= 15 is 0 Å². The van der Waals surface area contributed by atoms with E-state index in [1.165, 1.54) is 27.0 Å². The van der Waals surface area contributed by atoms with Crippen molar-refractivity contribution in [3.05, 3.63) is 12.8 Å². The Balaban J connectivity index is -0.000000158. The topological polar surface area (TPSA) is 175 Å². The van der Waals surface area contributed by atoms with E-state index in [1.54, 1.807) is 53.7 Å². The number of carbonyl (C=O) groups excluding carboxylic acids is 6. The van der Waals surface area contributed by atoms with Crippen molar-refractivity contribution in [3.8, 4) is 12.8 Å². The lowest BCUT2D eigenvalue weighted by Crippen LogP contribution is -2.35. The maximum Gasteiger partial charge on any atom is 0.220 e. The summed E-state index contributed by atoms with van der Waals surface area (Å²) in [6.45, 7) is 13.8. The van der Waals surface area contributed by atoms with E-state index in [9.17, 15) is 28.8 Å². The van der Waals surface area contributed by atoms with Crippen LogP contribution in [0.25, 0.3) is 0 Å². The number of terminal acetylenes is 1. The molecule has 0 spiro atoms. The molecule has 44 heavy (non-hydrogen) atoms. The summed E-state index contributed by atoms with van der Waals surface area (Å²) in [5.41, 5.74) is 0. The third-order valence-electron chi connectivity index (χ3n) is 5.20. The minimum atomic E-state index is -0.0787. The summed E-state index contributed by atoms with van der Waals surface area (Å²) in [7, 11) is 5.32. The highest BCUT2D eigenvalue weighted by Crippen LogP contribution is 2.02. The lowest BCUT2D eigenvalue weighted by molar-refractivity contribution is -0.120. The van der Waals surface area contributed by atoms with Crippen LogP contribution in [0.2, 0.25) is 0 Å². The minimum absolute atomic E-state index is 0.00161. The standard InChI is InChI=1S/C10H20N2O2.C9H18N2O2S.C5H11NOS.C4H7NO.C2H2/c1-8(13)10(11-3)6-4-5-7-12-9(2)14;1-7(12)9(10-3)6-14-5-4-11-8(2)13;1-4(7)5(3-8)6-2;1-3-5-4(2)6;1-2/h10-11H,4-7H2,1-3H3,(H,12,14);9-10H,4-6H2,1-3H3,(H,11,13);5-6,8H,3H2,1-2H3;3H,1H2,2H3,(H,5,6);1-2H. The Morgan fingerprint density at radius 2 is 1.14 bits per heavy atom. The fourth-order valence-electron chi connectivity index (χ4n) is 2.76. The van der Waals surface area contributed by atoms with E-state index < -0.39 is 0 Å². The van der Waals surface area contributed by atoms with Crippen molar-refractivity contribution in [1.29, 1.82) is 0 Å². The summed E-state index contributed by atoms with van der Waals surface area (Å²) in [6.07, 6.45) is 12.1. The van der Waals surface area contributed by atoms with Crippen molar-refractivity contribution in [1.82, 2.24) is 31.9 Å². The van der Waals surface area contributed by atoms with Gasteiger partial charge >= 0.3 is 0 Å². The normalized spacial score (nSPS) is 11.2. The zero-order valence-electron chi connectivity index (χ0n) is 28.1. The molecule has 0 rings (SSSR count). The van der Waals surface area contributed by atoms with Crippen LogP contribution in [0.3, 0.4) is 0 Å². The molecule has 3 atom stereocenters. The van der Waals surface area contributed by atoms with Gasteiger partial charge in [-0.25, -0.2) is 0 Å². The largest absolute Gasteiger partial charge is 0.356 e. The van der Waals surface area contributed by atoms with Crippen LogP contribution in [0.4, 0.5) is 0 Å². The van der Waals surface area contributed by atoms with Crippen molar-refractivity contribution in [3.63, 3.8) is 0 Å². The number of amides is 3. The van der Waals surface area contributed by atoms with Gasteiger partial charge in [0.25, 0.3) is 0 Å². The lowest BCUT2D eigenvalue weighted by Gasteiger charge is -2.11. The average molecular weight is 663 g/mol. The highest BCUT2D eigenvalue weighted by molar-refractivity contribution is 7.99. The Morgan fingerprint density at radius 3 is 1.41 bits per heavy atom. The van der Waals surface area contributed by atoms with E-state index in [1.807, 2.05) is 0 Å². The van der Waals surface area contributed by atoms with Crippen molar-refractivity contribution in [2.45, 2.75) is 78.9 Å². The number of thiol groups is 1. The predicted octanol–water partition coefficient (Wildman–Crippen LogP) is 1.11. The number of likely N-dealkylation sites (N-methyl/N-ethyl adjacent to an activating group) is 3. The van der Waals surface area contributed by atoms with Crippen molar-refractivity contribution < 1.29 is 28.8 Å². The summed E-state index contributed by atoms with van der Waals surface area (Å²) in [6, 6.07) is -0.178. The molecular formula is C30H58N6O6S2. The Hall–Kier alpha value is -2.70. The molecule has 0 fully saturated rings. The maximum atomic E-state index is 11.0. The maximum absolute atomic E-state index is 11.0. The van der Waals surface area contributed by atoms with Crippen LogP contribution >= 0.6 is 24.4 Å². The SMILES string of the molecule is C#C.C=CNC(C)=O.CNC(CCCCNC(C)=O)C(C)=O.CNC(CS)C(C)=O.CNC(CSCCNC(C)=O)C(C)=O. The van der Waals surface area contributed by atoms with Gasteiger partial charge in [-0.3, -0.25) is 28.8 Å². The highest BCUT2D eigenvalue weighted by Gasteiger charge is 2.11. The smallest absolute Gasteiger partial charge is 0.220 e. The molecule has 0 saturated heterocycles. The van der Waals surface area contributed by atoms with E-state index in [0.717, 1.165) is 30.8 Å². The molecule has 3 unspecified atom stereocenters. The fraction of sp³-hybridized carbons (Fsp3) is 0.667. The summed E-state index contributed by atoms with van der Waals surface area (Å²) in [5.74, 6) is 2.55. The van der Waals surface area contributed by atoms with E-state index in [2.05, 4.69) is 64.0 Å². The fourth-order valence-corrected chi connectivity index (χ4v) is 4.25. The van der Waals surface area contributed by atoms with Crippen molar-refractivity contribution in [2.75, 3.05) is 51.5 Å². The number of carbonyl (C=O) groups is 6. The van der Waals surface area contributed by atoms with Crippen LogP contribution in [0.1, 0.15) is 60.8 Å². The zero-order chi connectivity index (χ0) is 35.5. The van der Waals surface area contributed by atoms with Crippen molar-refractivity contribution in [2.24, 2.45) is 0 Å². The molecule has 0 radical (unpaired) electrons. The molecule has 0 heterocycles. The molecule has 256 valence electrons. The molecule has 0 aromatic carbocycles. The summed E-state index contributed by atoms with van der Waals surface area (Å²) in [5, 5.41) is 16.5. The van der Waals surface area contributed by atoms with E-state index in [0.29, 0.717) is 18.8 Å². The molecule has 12 nitrogen and oxygen atoms in total. The molecule has 0 aromatic heterocycles. The Labute approximate surface area is 275 Å². The first-order valence-corrected chi connectivity index (χ1v) is 15.8. The zero-order valence-corrected chi connectivity index (χ0v) is 29.8. The van der Waals surface area contributed by atoms with Gasteiger partial charge in [-0.15, -0.1) is 12.8 Å². The van der Waals surface area contributed by atoms with Gasteiger partial charge in [0.2, 0.25) is 17.7 Å². The monoisotopic (exact) mass is 662 g/mol. The number of Topliss-reactive ketones (excluding diaryl/α,β-unsaturated/α-hetero) is 3. The number of unbranched alkanes of at least 4 members (excludes halogenated alkanes) is 1. The third kappa shape index (κ3) is 43.7. The van der Waals surface area contributed by atoms with Gasteiger partial charge in [0, 0.05) is 51.1 Å². The first-order valence-electron chi connectivity index (χ1n) is 14.1.